The Balaban J connectivity index is 1.57. The number of benzene rings is 1. The summed E-state index contributed by atoms with van der Waals surface area (Å²) in [6, 6.07) is 10.5. The minimum atomic E-state index is -1.23. The molecular weight excluding hydrogens is 488 g/mol. The summed E-state index contributed by atoms with van der Waals surface area (Å²) in [5, 5.41) is 17.5. The van der Waals surface area contributed by atoms with E-state index in [1.807, 2.05) is 17.8 Å². The average molecular weight is 531 g/mol. The lowest BCUT2D eigenvalue weighted by Crippen LogP contribution is -2.63. The zero-order valence-corrected chi connectivity index (χ0v) is 24.3. The lowest BCUT2D eigenvalue weighted by Gasteiger charge is -2.55. The van der Waals surface area contributed by atoms with Crippen molar-refractivity contribution in [2.24, 2.45) is 5.41 Å². The molecule has 2 aliphatic heterocycles. The van der Waals surface area contributed by atoms with Gasteiger partial charge in [0.2, 0.25) is 5.91 Å². The zero-order chi connectivity index (χ0) is 28.1. The first-order valence-electron chi connectivity index (χ1n) is 14.1. The Bertz CT molecular complexity index is 1340. The molecule has 0 spiro atoms. The van der Waals surface area contributed by atoms with Gasteiger partial charge in [-0.1, -0.05) is 45.0 Å². The quantitative estimate of drug-likeness (QED) is 0.482. The van der Waals surface area contributed by atoms with E-state index in [4.69, 9.17) is 10.1 Å². The molecule has 0 aliphatic carbocycles. The molecule has 4 heterocycles. The molecule has 1 unspecified atom stereocenters. The van der Waals surface area contributed by atoms with Crippen LogP contribution in [0.4, 0.5) is 0 Å². The minimum absolute atomic E-state index is 0.0364. The molecule has 208 valence electrons. The van der Waals surface area contributed by atoms with Gasteiger partial charge in [-0.05, 0) is 50.4 Å². The van der Waals surface area contributed by atoms with Crippen LogP contribution in [-0.2, 0) is 10.4 Å². The predicted molar refractivity (Wildman–Crippen MR) is 152 cm³/mol. The maximum absolute atomic E-state index is 12.6. The number of hydrogen-bond donors (Lipinski definition) is 1. The molecule has 0 bridgehead atoms. The van der Waals surface area contributed by atoms with E-state index >= 15 is 0 Å². The van der Waals surface area contributed by atoms with E-state index in [0.29, 0.717) is 18.2 Å². The zero-order valence-electron chi connectivity index (χ0n) is 24.3. The molecule has 8 nitrogen and oxygen atoms in total. The van der Waals surface area contributed by atoms with Crippen LogP contribution in [0.2, 0.25) is 0 Å². The summed E-state index contributed by atoms with van der Waals surface area (Å²) < 4.78 is 1.95. The number of aromatic nitrogens is 4. The highest BCUT2D eigenvalue weighted by Gasteiger charge is 2.55. The number of amides is 1. The summed E-state index contributed by atoms with van der Waals surface area (Å²) in [4.78, 5) is 26.0. The molecule has 2 fully saturated rings. The Morgan fingerprint density at radius 1 is 1.05 bits per heavy atom. The van der Waals surface area contributed by atoms with Crippen molar-refractivity contribution in [2.75, 3.05) is 33.7 Å². The predicted octanol–water partition coefficient (Wildman–Crippen LogP) is 4.57. The van der Waals surface area contributed by atoms with Crippen molar-refractivity contribution in [3.8, 4) is 11.4 Å². The SMILES string of the molecule is CC(C)c1ccc([C@](O)(c2cncc(-c3nc(C4CCN(C)C(=O)C4)n(C(C)C)n3)c2)C2(C)CN(C)C2)cc1. The molecule has 3 aromatic rings. The van der Waals surface area contributed by atoms with Crippen LogP contribution in [0.15, 0.2) is 42.7 Å². The van der Waals surface area contributed by atoms with Gasteiger partial charge in [0.05, 0.1) is 0 Å². The molecule has 2 atom stereocenters. The number of nitrogens with zero attached hydrogens (tertiary/aromatic N) is 6. The van der Waals surface area contributed by atoms with Gasteiger partial charge in [-0.25, -0.2) is 9.67 Å². The van der Waals surface area contributed by atoms with Crippen LogP contribution in [0.5, 0.6) is 0 Å². The first kappa shape index (κ1) is 27.5. The van der Waals surface area contributed by atoms with Gasteiger partial charge in [0.15, 0.2) is 5.82 Å². The number of likely N-dealkylation sites (tertiary alicyclic amines) is 2. The van der Waals surface area contributed by atoms with E-state index < -0.39 is 5.60 Å². The second-order valence-electron chi connectivity index (χ2n) is 12.5. The maximum atomic E-state index is 12.6. The molecule has 0 radical (unpaired) electrons. The number of pyridine rings is 1. The molecule has 5 rings (SSSR count). The molecule has 1 N–H and O–H groups in total. The number of aliphatic hydroxyl groups is 1. The Hall–Kier alpha value is -3.10. The molecule has 1 amide bonds. The first-order chi connectivity index (χ1) is 18.4. The van der Waals surface area contributed by atoms with Crippen molar-refractivity contribution < 1.29 is 9.90 Å². The highest BCUT2D eigenvalue weighted by molar-refractivity contribution is 5.77. The fraction of sp³-hybridized carbons (Fsp3) is 0.548. The molecular formula is C31H42N6O2. The van der Waals surface area contributed by atoms with Crippen molar-refractivity contribution in [1.82, 2.24) is 29.5 Å². The number of rotatable bonds is 7. The van der Waals surface area contributed by atoms with Crippen LogP contribution < -0.4 is 0 Å². The smallest absolute Gasteiger partial charge is 0.223 e. The lowest BCUT2D eigenvalue weighted by atomic mass is 9.62. The lowest BCUT2D eigenvalue weighted by molar-refractivity contribution is -0.132. The number of hydrogen-bond acceptors (Lipinski definition) is 6. The summed E-state index contributed by atoms with van der Waals surface area (Å²) in [6.07, 6.45) is 4.85. The van der Waals surface area contributed by atoms with Gasteiger partial charge in [-0.2, -0.15) is 5.10 Å². The van der Waals surface area contributed by atoms with Crippen molar-refractivity contribution in [3.63, 3.8) is 0 Å². The van der Waals surface area contributed by atoms with Crippen LogP contribution in [0.3, 0.4) is 0 Å². The van der Waals surface area contributed by atoms with Gasteiger partial charge in [-0.15, -0.1) is 0 Å². The Morgan fingerprint density at radius 2 is 1.74 bits per heavy atom. The Labute approximate surface area is 232 Å². The van der Waals surface area contributed by atoms with Crippen LogP contribution >= 0.6 is 0 Å². The van der Waals surface area contributed by atoms with E-state index in [0.717, 1.165) is 48.6 Å². The molecule has 8 heteroatoms. The summed E-state index contributed by atoms with van der Waals surface area (Å²) in [5.74, 6) is 2.02. The van der Waals surface area contributed by atoms with Crippen LogP contribution in [-0.4, -0.2) is 74.3 Å². The second kappa shape index (κ2) is 10.1. The highest BCUT2D eigenvalue weighted by atomic mass is 16.3. The normalized spacial score (nSPS) is 21.3. The van der Waals surface area contributed by atoms with E-state index in [2.05, 4.69) is 75.8 Å². The standard InChI is InChI=1S/C31H42N6O2/c1-20(2)22-8-10-25(11-9-22)31(39,30(5)18-35(6)19-30)26-14-24(16-32-17-26)28-33-29(37(34-28)21(3)4)23-12-13-36(7)27(38)15-23/h8-11,14,16-17,20-21,23,39H,12-13,15,18-19H2,1-7H3/t23?,31-/m0/s1. The van der Waals surface area contributed by atoms with Gasteiger partial charge in [0, 0.05) is 74.0 Å². The molecule has 39 heavy (non-hydrogen) atoms. The molecule has 2 saturated heterocycles. The third kappa shape index (κ3) is 4.78. The van der Waals surface area contributed by atoms with Crippen molar-refractivity contribution in [3.05, 3.63) is 65.2 Å². The monoisotopic (exact) mass is 530 g/mol. The van der Waals surface area contributed by atoms with Gasteiger partial charge in [-0.3, -0.25) is 9.78 Å². The van der Waals surface area contributed by atoms with Crippen molar-refractivity contribution >= 4 is 5.91 Å². The fourth-order valence-electron chi connectivity index (χ4n) is 6.39. The summed E-state index contributed by atoms with van der Waals surface area (Å²) in [6.45, 7) is 12.9. The van der Waals surface area contributed by atoms with Gasteiger partial charge in [0.25, 0.3) is 0 Å². The van der Waals surface area contributed by atoms with Gasteiger partial charge in [0.1, 0.15) is 11.4 Å². The number of carbonyl (C=O) groups excluding carboxylic acids is 1. The van der Waals surface area contributed by atoms with E-state index in [1.54, 1.807) is 17.3 Å². The van der Waals surface area contributed by atoms with Crippen LogP contribution in [0.1, 0.15) is 87.9 Å². The minimum Gasteiger partial charge on any atom is -0.380 e. The summed E-state index contributed by atoms with van der Waals surface area (Å²) >= 11 is 0. The Kier molecular flexibility index (Phi) is 7.14. The molecule has 2 aromatic heterocycles. The van der Waals surface area contributed by atoms with Gasteiger partial charge < -0.3 is 14.9 Å². The van der Waals surface area contributed by atoms with Crippen molar-refractivity contribution in [1.29, 1.82) is 0 Å². The summed E-state index contributed by atoms with van der Waals surface area (Å²) in [7, 11) is 3.93. The Morgan fingerprint density at radius 3 is 2.33 bits per heavy atom. The number of piperidine rings is 1. The summed E-state index contributed by atoms with van der Waals surface area (Å²) in [5.41, 5.74) is 2.00. The maximum Gasteiger partial charge on any atom is 0.223 e. The molecule has 0 saturated carbocycles. The van der Waals surface area contributed by atoms with Crippen LogP contribution in [0, 0.1) is 5.41 Å². The number of carbonyl (C=O) groups is 1. The third-order valence-electron chi connectivity index (χ3n) is 8.69. The van der Waals surface area contributed by atoms with E-state index in [1.165, 1.54) is 5.56 Å². The first-order valence-corrected chi connectivity index (χ1v) is 14.1. The molecule has 1 aromatic carbocycles. The largest absolute Gasteiger partial charge is 0.380 e. The topological polar surface area (TPSA) is 87.4 Å². The second-order valence-corrected chi connectivity index (χ2v) is 12.5. The third-order valence-corrected chi connectivity index (χ3v) is 8.69. The van der Waals surface area contributed by atoms with E-state index in [-0.39, 0.29) is 23.3 Å². The van der Waals surface area contributed by atoms with Crippen molar-refractivity contribution in [2.45, 2.75) is 70.9 Å². The fourth-order valence-corrected chi connectivity index (χ4v) is 6.39. The highest BCUT2D eigenvalue weighted by Crippen LogP contribution is 2.50. The van der Waals surface area contributed by atoms with Crippen LogP contribution in [0.25, 0.3) is 11.4 Å². The van der Waals surface area contributed by atoms with E-state index in [9.17, 15) is 9.90 Å². The average Bonchev–Trinajstić information content (AvgIpc) is 3.35. The van der Waals surface area contributed by atoms with Gasteiger partial charge >= 0.3 is 0 Å². The molecule has 2 aliphatic rings.